The molecule has 0 saturated heterocycles. The number of anilines is 1. The van der Waals surface area contributed by atoms with E-state index in [9.17, 15) is 14.4 Å². The maximum atomic E-state index is 12.5. The van der Waals surface area contributed by atoms with Crippen LogP contribution in [0.3, 0.4) is 0 Å². The number of hydrogen-bond acceptors (Lipinski definition) is 5. The summed E-state index contributed by atoms with van der Waals surface area (Å²) in [6.45, 7) is 6.79. The fourth-order valence-electron chi connectivity index (χ4n) is 2.96. The minimum absolute atomic E-state index is 0.0244. The van der Waals surface area contributed by atoms with E-state index in [0.717, 1.165) is 0 Å². The molecule has 0 unspecified atom stereocenters. The zero-order valence-electron chi connectivity index (χ0n) is 17.4. The number of carbonyl (C=O) groups is 2. The molecule has 8 nitrogen and oxygen atoms in total. The van der Waals surface area contributed by atoms with Gasteiger partial charge >= 0.3 is 0 Å². The topological polar surface area (TPSA) is 113 Å². The minimum atomic E-state index is -0.495. The third kappa shape index (κ3) is 6.03. The van der Waals surface area contributed by atoms with E-state index in [-0.39, 0.29) is 18.0 Å². The number of aromatic nitrogens is 1. The highest BCUT2D eigenvalue weighted by Gasteiger charge is 2.14. The number of aryl methyl sites for hydroxylation is 2. The molecule has 0 aliphatic rings. The van der Waals surface area contributed by atoms with Crippen LogP contribution >= 0.6 is 0 Å². The lowest BCUT2D eigenvalue weighted by molar-refractivity contribution is -0.116. The van der Waals surface area contributed by atoms with Crippen molar-refractivity contribution in [1.82, 2.24) is 9.88 Å². The number of nitrogens with one attached hydrogen (secondary N) is 2. The first kappa shape index (κ1) is 22.8. The molecule has 0 bridgehead atoms. The maximum absolute atomic E-state index is 12.5. The summed E-state index contributed by atoms with van der Waals surface area (Å²) in [4.78, 5) is 37.2. The number of ether oxygens (including phenoxy) is 1. The summed E-state index contributed by atoms with van der Waals surface area (Å²) in [6.07, 6.45) is 0.714. The molecule has 2 aromatic rings. The number of nitrogens with zero attached hydrogens (tertiary/aromatic N) is 2. The van der Waals surface area contributed by atoms with E-state index >= 15 is 0 Å². The molecule has 2 rings (SSSR count). The van der Waals surface area contributed by atoms with Crippen molar-refractivity contribution in [2.75, 3.05) is 25.1 Å². The van der Waals surface area contributed by atoms with Crippen molar-refractivity contribution in [2.45, 2.75) is 33.7 Å². The molecule has 1 heterocycles. The Balaban J connectivity index is 2.03. The lowest BCUT2D eigenvalue weighted by atomic mass is 10.1. The summed E-state index contributed by atoms with van der Waals surface area (Å²) in [5.74, 6) is -0.672. The molecule has 1 aromatic heterocycles. The molecule has 2 amide bonds. The van der Waals surface area contributed by atoms with Crippen LogP contribution in [-0.2, 0) is 16.1 Å². The van der Waals surface area contributed by atoms with Crippen molar-refractivity contribution < 1.29 is 14.3 Å². The van der Waals surface area contributed by atoms with E-state index in [1.807, 2.05) is 13.0 Å². The Hall–Kier alpha value is -3.44. The van der Waals surface area contributed by atoms with Gasteiger partial charge in [0, 0.05) is 36.7 Å². The number of rotatable bonds is 9. The van der Waals surface area contributed by atoms with Gasteiger partial charge in [-0.25, -0.2) is 0 Å². The molecular formula is C22H26N4O4. The average Bonchev–Trinajstić information content (AvgIpc) is 2.71. The van der Waals surface area contributed by atoms with Crippen LogP contribution in [0.5, 0.6) is 0 Å². The monoisotopic (exact) mass is 410 g/mol. The summed E-state index contributed by atoms with van der Waals surface area (Å²) in [6, 6.07) is 10.1. The second-order valence-electron chi connectivity index (χ2n) is 6.78. The third-order valence-corrected chi connectivity index (χ3v) is 4.48. The van der Waals surface area contributed by atoms with E-state index in [1.54, 1.807) is 44.2 Å². The number of nitriles is 1. The fourth-order valence-corrected chi connectivity index (χ4v) is 2.96. The van der Waals surface area contributed by atoms with Crippen molar-refractivity contribution in [2.24, 2.45) is 0 Å². The molecule has 0 radical (unpaired) electrons. The summed E-state index contributed by atoms with van der Waals surface area (Å²) in [5, 5.41) is 14.7. The Kier molecular flexibility index (Phi) is 8.32. The Morgan fingerprint density at radius 3 is 2.70 bits per heavy atom. The molecule has 1 aromatic carbocycles. The molecule has 0 saturated carbocycles. The van der Waals surface area contributed by atoms with E-state index < -0.39 is 11.5 Å². The lowest BCUT2D eigenvalue weighted by Gasteiger charge is -2.12. The quantitative estimate of drug-likeness (QED) is 0.615. The van der Waals surface area contributed by atoms with Gasteiger partial charge in [0.05, 0.1) is 0 Å². The van der Waals surface area contributed by atoms with Crippen LogP contribution in [0.15, 0.2) is 35.1 Å². The highest BCUT2D eigenvalue weighted by molar-refractivity contribution is 5.97. The number of benzene rings is 1. The standard InChI is InChI=1S/C22H26N4O4/c1-4-30-10-6-9-24-21(28)17-7-5-8-18(12-17)25-20(27)14-26-16(3)11-15(2)19(13-23)22(26)29/h5,7-8,11-12H,4,6,9-10,14H2,1-3H3,(H,24,28)(H,25,27). The van der Waals surface area contributed by atoms with Gasteiger partial charge in [-0.15, -0.1) is 0 Å². The Morgan fingerprint density at radius 1 is 1.23 bits per heavy atom. The molecule has 30 heavy (non-hydrogen) atoms. The number of pyridine rings is 1. The highest BCUT2D eigenvalue weighted by atomic mass is 16.5. The summed E-state index contributed by atoms with van der Waals surface area (Å²) in [7, 11) is 0. The maximum Gasteiger partial charge on any atom is 0.269 e. The number of carbonyl (C=O) groups excluding carboxylic acids is 2. The van der Waals surface area contributed by atoms with Crippen molar-refractivity contribution in [3.8, 4) is 6.07 Å². The van der Waals surface area contributed by atoms with Gasteiger partial charge in [-0.05, 0) is 57.0 Å². The van der Waals surface area contributed by atoms with Crippen LogP contribution in [0.4, 0.5) is 5.69 Å². The van der Waals surface area contributed by atoms with Gasteiger partial charge in [-0.1, -0.05) is 6.07 Å². The van der Waals surface area contributed by atoms with E-state index in [2.05, 4.69) is 10.6 Å². The molecule has 0 aliphatic carbocycles. The smallest absolute Gasteiger partial charge is 0.269 e. The van der Waals surface area contributed by atoms with Crippen LogP contribution < -0.4 is 16.2 Å². The number of amides is 2. The van der Waals surface area contributed by atoms with Gasteiger partial charge in [-0.3, -0.25) is 14.4 Å². The van der Waals surface area contributed by atoms with Gasteiger partial charge in [0.15, 0.2) is 0 Å². The Bertz CT molecular complexity index is 1020. The Morgan fingerprint density at radius 2 is 2.00 bits per heavy atom. The van der Waals surface area contributed by atoms with Crippen molar-refractivity contribution in [3.63, 3.8) is 0 Å². The first-order valence-corrected chi connectivity index (χ1v) is 9.74. The normalized spacial score (nSPS) is 10.3. The molecule has 0 aliphatic heterocycles. The predicted octanol–water partition coefficient (Wildman–Crippen LogP) is 2.13. The summed E-state index contributed by atoms with van der Waals surface area (Å²) >= 11 is 0. The predicted molar refractivity (Wildman–Crippen MR) is 113 cm³/mol. The highest BCUT2D eigenvalue weighted by Crippen LogP contribution is 2.11. The van der Waals surface area contributed by atoms with Crippen LogP contribution in [0, 0.1) is 25.2 Å². The first-order valence-electron chi connectivity index (χ1n) is 9.74. The summed E-state index contributed by atoms with van der Waals surface area (Å²) < 4.78 is 6.49. The van der Waals surface area contributed by atoms with Gasteiger partial charge in [0.25, 0.3) is 11.5 Å². The van der Waals surface area contributed by atoms with Crippen molar-refractivity contribution >= 4 is 17.5 Å². The van der Waals surface area contributed by atoms with E-state index in [0.29, 0.717) is 48.7 Å². The van der Waals surface area contributed by atoms with Crippen LogP contribution in [0.1, 0.15) is 40.5 Å². The van der Waals surface area contributed by atoms with Gasteiger partial charge in [0.2, 0.25) is 5.91 Å². The SMILES string of the molecule is CCOCCCNC(=O)c1cccc(NC(=O)Cn2c(C)cc(C)c(C#N)c2=O)c1. The van der Waals surface area contributed by atoms with Gasteiger partial charge in [0.1, 0.15) is 18.2 Å². The zero-order chi connectivity index (χ0) is 22.1. The fraction of sp³-hybridized carbons (Fsp3) is 0.364. The molecule has 0 fully saturated rings. The minimum Gasteiger partial charge on any atom is -0.382 e. The molecular weight excluding hydrogens is 384 g/mol. The lowest BCUT2D eigenvalue weighted by Crippen LogP contribution is -2.31. The molecule has 8 heteroatoms. The molecule has 158 valence electrons. The third-order valence-electron chi connectivity index (χ3n) is 4.48. The molecule has 0 spiro atoms. The molecule has 2 N–H and O–H groups in total. The van der Waals surface area contributed by atoms with E-state index in [1.165, 1.54) is 4.57 Å². The second kappa shape index (κ2) is 10.9. The van der Waals surface area contributed by atoms with Crippen molar-refractivity contribution in [1.29, 1.82) is 5.26 Å². The van der Waals surface area contributed by atoms with Crippen molar-refractivity contribution in [3.05, 3.63) is 63.1 Å². The number of hydrogen-bond donors (Lipinski definition) is 2. The first-order chi connectivity index (χ1) is 14.4. The van der Waals surface area contributed by atoms with Gasteiger partial charge < -0.3 is 19.9 Å². The zero-order valence-corrected chi connectivity index (χ0v) is 17.4. The van der Waals surface area contributed by atoms with Crippen LogP contribution in [0.25, 0.3) is 0 Å². The average molecular weight is 410 g/mol. The Labute approximate surface area is 175 Å². The van der Waals surface area contributed by atoms with Gasteiger partial charge in [-0.2, -0.15) is 5.26 Å². The van der Waals surface area contributed by atoms with Crippen LogP contribution in [0.2, 0.25) is 0 Å². The second-order valence-corrected chi connectivity index (χ2v) is 6.78. The van der Waals surface area contributed by atoms with Crippen LogP contribution in [-0.4, -0.2) is 36.1 Å². The summed E-state index contributed by atoms with van der Waals surface area (Å²) in [5.41, 5.74) is 1.56. The largest absolute Gasteiger partial charge is 0.382 e. The van der Waals surface area contributed by atoms with E-state index in [4.69, 9.17) is 10.00 Å². The molecule has 0 atom stereocenters.